The van der Waals surface area contributed by atoms with Gasteiger partial charge in [0.15, 0.2) is 11.6 Å². The zero-order valence-corrected chi connectivity index (χ0v) is 27.1. The van der Waals surface area contributed by atoms with Crippen LogP contribution < -0.4 is 0 Å². The summed E-state index contributed by atoms with van der Waals surface area (Å²) in [5.74, 6) is 0.225. The Morgan fingerprint density at radius 2 is 1.10 bits per heavy atom. The molecule has 0 aliphatic rings. The van der Waals surface area contributed by atoms with E-state index in [1.165, 1.54) is 0 Å². The van der Waals surface area contributed by atoms with E-state index in [1.54, 1.807) is 4.57 Å². The number of rotatable bonds is 4. The molecule has 0 amide bonds. The predicted octanol–water partition coefficient (Wildman–Crippen LogP) is 11.8. The van der Waals surface area contributed by atoms with Gasteiger partial charge in [0.05, 0.1) is 38.5 Å². The molecular formula is C45H27N5S. The van der Waals surface area contributed by atoms with Crippen molar-refractivity contribution >= 4 is 75.1 Å². The fourth-order valence-electron chi connectivity index (χ4n) is 7.07. The summed E-state index contributed by atoms with van der Waals surface area (Å²) in [6.07, 6.45) is 0. The molecule has 51 heavy (non-hydrogen) atoms. The summed E-state index contributed by atoms with van der Waals surface area (Å²) in [4.78, 5) is 15.1. The average molecular weight is 682 g/mol. The molecule has 11 aromatic rings. The Labute approximate surface area is 313 Å². The molecule has 0 atom stereocenters. The van der Waals surface area contributed by atoms with Gasteiger partial charge in [-0.25, -0.2) is 4.98 Å². The lowest BCUT2D eigenvalue weighted by atomic mass is 10.1. The van der Waals surface area contributed by atoms with Gasteiger partial charge < -0.3 is 4.57 Å². The van der Waals surface area contributed by atoms with Crippen molar-refractivity contribution in [2.75, 3.05) is 0 Å². The summed E-state index contributed by atoms with van der Waals surface area (Å²) in [5, 5.41) is 3.17. The Hall–Kier alpha value is -6.63. The number of hydrogen-bond acceptors (Lipinski definition) is 4. The van der Waals surface area contributed by atoms with Gasteiger partial charge in [0.2, 0.25) is 5.95 Å². The largest absolute Gasteiger partial charge is 0.307 e. The topological polar surface area (TPSA) is 48.5 Å². The summed E-state index contributed by atoms with van der Waals surface area (Å²) < 4.78 is 110. The van der Waals surface area contributed by atoms with Crippen LogP contribution in [0, 0.1) is 0 Å². The maximum absolute atomic E-state index is 9.33. The monoisotopic (exact) mass is 681 g/mol. The molecule has 0 unspecified atom stereocenters. The van der Waals surface area contributed by atoms with Crippen LogP contribution in [0.5, 0.6) is 0 Å². The summed E-state index contributed by atoms with van der Waals surface area (Å²) in [7, 11) is 0. The fraction of sp³-hybridized carbons (Fsp3) is 0. The van der Waals surface area contributed by atoms with Gasteiger partial charge in [-0.05, 0) is 36.3 Å². The van der Waals surface area contributed by atoms with Crippen molar-refractivity contribution in [2.24, 2.45) is 0 Å². The molecule has 238 valence electrons. The average Bonchev–Trinajstić information content (AvgIpc) is 3.97. The van der Waals surface area contributed by atoms with Gasteiger partial charge in [-0.15, -0.1) is 11.3 Å². The van der Waals surface area contributed by atoms with Crippen molar-refractivity contribution in [1.29, 1.82) is 0 Å². The van der Waals surface area contributed by atoms with Crippen molar-refractivity contribution in [3.05, 3.63) is 164 Å². The Balaban J connectivity index is 1.34. The molecule has 5 nitrogen and oxygen atoms in total. The first-order valence-corrected chi connectivity index (χ1v) is 16.9. The van der Waals surface area contributed by atoms with Crippen molar-refractivity contribution in [3.63, 3.8) is 0 Å². The van der Waals surface area contributed by atoms with Crippen LogP contribution in [-0.2, 0) is 0 Å². The molecular weight excluding hydrogens is 643 g/mol. The summed E-state index contributed by atoms with van der Waals surface area (Å²) >= 11 is 0.979. The van der Waals surface area contributed by atoms with Gasteiger partial charge in [-0.2, -0.15) is 9.97 Å². The third-order valence-electron chi connectivity index (χ3n) is 9.19. The van der Waals surface area contributed by atoms with E-state index in [1.807, 2.05) is 95.6 Å². The van der Waals surface area contributed by atoms with E-state index >= 15 is 0 Å². The maximum Gasteiger partial charge on any atom is 0.238 e. The maximum atomic E-state index is 9.33. The van der Waals surface area contributed by atoms with E-state index in [9.17, 15) is 1.37 Å². The van der Waals surface area contributed by atoms with E-state index in [4.69, 9.17) is 30.0 Å². The zero-order valence-electron chi connectivity index (χ0n) is 38.3. The Bertz CT molecular complexity index is 3810. The molecule has 0 saturated heterocycles. The lowest BCUT2D eigenvalue weighted by Crippen LogP contribution is -2.07. The second kappa shape index (κ2) is 10.9. The van der Waals surface area contributed by atoms with Crippen LogP contribution in [-0.4, -0.2) is 24.1 Å². The fourth-order valence-corrected chi connectivity index (χ4v) is 8.14. The first kappa shape index (κ1) is 18.9. The first-order chi connectivity index (χ1) is 30.3. The lowest BCUT2D eigenvalue weighted by Gasteiger charge is -2.13. The highest BCUT2D eigenvalue weighted by Crippen LogP contribution is 2.43. The van der Waals surface area contributed by atoms with E-state index in [-0.39, 0.29) is 73.2 Å². The molecule has 11 rings (SSSR count). The Morgan fingerprint density at radius 1 is 0.471 bits per heavy atom. The third-order valence-corrected chi connectivity index (χ3v) is 10.3. The number of nitrogens with zero attached hydrogens (tertiary/aromatic N) is 5. The molecule has 4 aromatic heterocycles. The van der Waals surface area contributed by atoms with Crippen LogP contribution in [0.4, 0.5) is 0 Å². The van der Waals surface area contributed by atoms with E-state index < -0.39 is 48.3 Å². The molecule has 4 heterocycles. The molecule has 7 aromatic carbocycles. The molecule has 0 radical (unpaired) electrons. The molecule has 0 N–H and O–H groups in total. The predicted molar refractivity (Wildman–Crippen MR) is 212 cm³/mol. The highest BCUT2D eigenvalue weighted by Gasteiger charge is 2.24. The minimum Gasteiger partial charge on any atom is -0.307 e. The molecule has 6 heteroatoms. The van der Waals surface area contributed by atoms with Gasteiger partial charge in [-0.1, -0.05) is 127 Å². The zero-order chi connectivity index (χ0) is 43.9. The second-order valence-corrected chi connectivity index (χ2v) is 13.0. The number of fused-ring (bicyclic) bond motifs is 10. The highest BCUT2D eigenvalue weighted by atomic mass is 32.1. The summed E-state index contributed by atoms with van der Waals surface area (Å²) in [5.41, 5.74) is 2.88. The van der Waals surface area contributed by atoms with Crippen LogP contribution >= 0.6 is 11.3 Å². The quantitative estimate of drug-likeness (QED) is 0.186. The molecule has 0 fully saturated rings. The van der Waals surface area contributed by atoms with Crippen LogP contribution in [0.25, 0.3) is 98.2 Å². The van der Waals surface area contributed by atoms with Gasteiger partial charge in [0.25, 0.3) is 0 Å². The Morgan fingerprint density at radius 3 is 1.88 bits per heavy atom. The standard InChI is InChI=1S/C45H27N5S/c1-3-14-28(15-4-1)43-46-44(36-22-13-21-35-32-20-9-12-25-39(32)51-42(35)36)48-45(47-43)50-38-24-11-8-19-31(38)34-27-26-33-30-18-7-10-23-37(30)49(40(33)41(34)50)29-16-5-2-6-17-29/h1-27H/i2D,5D,6D,9D,12D,13D,16D,17D,20D,21D,22D,25D. The van der Waals surface area contributed by atoms with Gasteiger partial charge in [0.1, 0.15) is 0 Å². The SMILES string of the molecule is [2H]c1c([2H])c([2H])c(-n2c3ccccc3c3ccc4c5ccccc5n(-c5nc(-c6ccccc6)nc(-c6c([2H])c([2H])c([2H])c7c6sc6c([2H])c([2H])c([2H])c([2H])c67)n5)c4c32)c([2H])c1[2H]. The van der Waals surface area contributed by atoms with Crippen molar-refractivity contribution in [3.8, 4) is 34.4 Å². The van der Waals surface area contributed by atoms with Crippen molar-refractivity contribution < 1.29 is 16.4 Å². The van der Waals surface area contributed by atoms with E-state index in [2.05, 4.69) is 0 Å². The van der Waals surface area contributed by atoms with E-state index in [0.717, 1.165) is 32.9 Å². The number of aromatic nitrogens is 5. The number of hydrogen-bond donors (Lipinski definition) is 0. The normalized spacial score (nSPS) is 15.2. The highest BCUT2D eigenvalue weighted by molar-refractivity contribution is 7.26. The number of thiophene rings is 1. The third kappa shape index (κ3) is 4.17. The molecule has 0 aliphatic heterocycles. The van der Waals surface area contributed by atoms with Crippen LogP contribution in [0.2, 0.25) is 0 Å². The van der Waals surface area contributed by atoms with Crippen molar-refractivity contribution in [1.82, 2.24) is 24.1 Å². The van der Waals surface area contributed by atoms with Crippen LogP contribution in [0.3, 0.4) is 0 Å². The molecule has 0 bridgehead atoms. The lowest BCUT2D eigenvalue weighted by molar-refractivity contribution is 0.954. The minimum atomic E-state index is -0.520. The van der Waals surface area contributed by atoms with Gasteiger partial charge in [0, 0.05) is 58.5 Å². The molecule has 0 saturated carbocycles. The Kier molecular flexibility index (Phi) is 4.06. The minimum absolute atomic E-state index is 0.0449. The van der Waals surface area contributed by atoms with Gasteiger partial charge >= 0.3 is 0 Å². The summed E-state index contributed by atoms with van der Waals surface area (Å²) in [6, 6.07) is 23.0. The molecule has 0 aliphatic carbocycles. The van der Waals surface area contributed by atoms with Crippen LogP contribution in [0.1, 0.15) is 16.4 Å². The second-order valence-electron chi connectivity index (χ2n) is 11.9. The van der Waals surface area contributed by atoms with Crippen molar-refractivity contribution in [2.45, 2.75) is 0 Å². The van der Waals surface area contributed by atoms with Gasteiger partial charge in [-0.3, -0.25) is 4.57 Å². The number of benzene rings is 7. The molecule has 0 spiro atoms. The van der Waals surface area contributed by atoms with E-state index in [0.29, 0.717) is 27.6 Å². The number of para-hydroxylation sites is 3. The van der Waals surface area contributed by atoms with Crippen LogP contribution in [0.15, 0.2) is 164 Å². The summed E-state index contributed by atoms with van der Waals surface area (Å²) in [6.45, 7) is 0. The smallest absolute Gasteiger partial charge is 0.238 e. The first-order valence-electron chi connectivity index (χ1n) is 22.1.